The van der Waals surface area contributed by atoms with Crippen LogP contribution in [-0.2, 0) is 17.9 Å². The Bertz CT molecular complexity index is 1030. The molecule has 1 atom stereocenters. The molecule has 0 aliphatic carbocycles. The maximum atomic E-state index is 13.5. The third kappa shape index (κ3) is 7.72. The van der Waals surface area contributed by atoms with E-state index in [1.165, 1.54) is 0 Å². The number of benzene rings is 2. The minimum absolute atomic E-state index is 0.0266. The van der Waals surface area contributed by atoms with Crippen molar-refractivity contribution in [1.29, 1.82) is 0 Å². The maximum absolute atomic E-state index is 13.5. The summed E-state index contributed by atoms with van der Waals surface area (Å²) in [6, 6.07) is 21.2. The van der Waals surface area contributed by atoms with Crippen LogP contribution in [0.2, 0.25) is 0 Å². The molecule has 1 aromatic heterocycles. The van der Waals surface area contributed by atoms with Gasteiger partial charge in [0.15, 0.2) is 0 Å². The van der Waals surface area contributed by atoms with Crippen LogP contribution in [0, 0.1) is 5.92 Å². The first-order chi connectivity index (χ1) is 16.0. The third-order valence-electron chi connectivity index (χ3n) is 5.45. The number of hydrogen-bond acceptors (Lipinski definition) is 3. The predicted octanol–water partition coefficient (Wildman–Crippen LogP) is 6.62. The number of amides is 3. The van der Waals surface area contributed by atoms with Gasteiger partial charge in [0, 0.05) is 22.4 Å². The van der Waals surface area contributed by atoms with E-state index < -0.39 is 0 Å². The molecule has 0 bridgehead atoms. The Labute approximate surface area is 208 Å². The fraction of sp³-hybridized carbons (Fsp3) is 0.308. The van der Waals surface area contributed by atoms with Gasteiger partial charge in [-0.15, -0.1) is 11.3 Å². The lowest BCUT2D eigenvalue weighted by molar-refractivity contribution is -0.133. The highest BCUT2D eigenvalue weighted by Crippen LogP contribution is 2.22. The quantitative estimate of drug-likeness (QED) is 0.322. The second-order valence-electron chi connectivity index (χ2n) is 8.12. The van der Waals surface area contributed by atoms with Crippen molar-refractivity contribution >= 4 is 44.9 Å². The highest BCUT2D eigenvalue weighted by Gasteiger charge is 2.24. The molecular formula is C26H30BrN3O2S. The van der Waals surface area contributed by atoms with Crippen LogP contribution in [0.15, 0.2) is 76.6 Å². The molecule has 0 spiro atoms. The van der Waals surface area contributed by atoms with Gasteiger partial charge in [0.05, 0.1) is 12.2 Å². The van der Waals surface area contributed by atoms with E-state index >= 15 is 0 Å². The van der Waals surface area contributed by atoms with Gasteiger partial charge in [0.25, 0.3) is 0 Å². The molecule has 1 heterocycles. The summed E-state index contributed by atoms with van der Waals surface area (Å²) in [7, 11) is 0. The van der Waals surface area contributed by atoms with E-state index in [4.69, 9.17) is 0 Å². The maximum Gasteiger partial charge on any atom is 0.322 e. The van der Waals surface area contributed by atoms with Gasteiger partial charge >= 0.3 is 6.03 Å². The number of nitrogens with zero attached hydrogens (tertiary/aromatic N) is 2. The largest absolute Gasteiger partial charge is 0.332 e. The summed E-state index contributed by atoms with van der Waals surface area (Å²) in [6.45, 7) is 5.75. The molecule has 1 N–H and O–H groups in total. The Morgan fingerprint density at radius 1 is 0.970 bits per heavy atom. The summed E-state index contributed by atoms with van der Waals surface area (Å²) in [5, 5.41) is 4.97. The molecule has 3 amide bonds. The number of rotatable bonds is 10. The van der Waals surface area contributed by atoms with Crippen molar-refractivity contribution in [1.82, 2.24) is 9.80 Å². The fourth-order valence-electron chi connectivity index (χ4n) is 3.37. The monoisotopic (exact) mass is 527 g/mol. The van der Waals surface area contributed by atoms with Gasteiger partial charge < -0.3 is 15.1 Å². The molecule has 2 aromatic carbocycles. The van der Waals surface area contributed by atoms with Crippen LogP contribution >= 0.6 is 27.3 Å². The second kappa shape index (κ2) is 12.6. The van der Waals surface area contributed by atoms with Crippen LogP contribution in [0.3, 0.4) is 0 Å². The van der Waals surface area contributed by atoms with Crippen LogP contribution < -0.4 is 5.32 Å². The normalized spacial score (nSPS) is 11.6. The average molecular weight is 529 g/mol. The zero-order chi connectivity index (χ0) is 23.6. The Morgan fingerprint density at radius 2 is 1.70 bits per heavy atom. The third-order valence-corrected chi connectivity index (χ3v) is 7.01. The molecule has 0 aliphatic rings. The number of carbonyl (C=O) groups is 2. The molecule has 5 nitrogen and oxygen atoms in total. The van der Waals surface area contributed by atoms with Crippen molar-refractivity contribution < 1.29 is 9.59 Å². The summed E-state index contributed by atoms with van der Waals surface area (Å²) in [5.41, 5.74) is 1.75. The lowest BCUT2D eigenvalue weighted by Crippen LogP contribution is -2.45. The SMILES string of the molecule is CCC(C)CN(CC(=O)N(Cc1ccccc1)Cc1cccs1)C(=O)Nc1ccccc1Br. The number of anilines is 1. The molecule has 174 valence electrons. The van der Waals surface area contributed by atoms with Gasteiger partial charge in [-0.05, 0) is 51.0 Å². The highest BCUT2D eigenvalue weighted by atomic mass is 79.9. The minimum atomic E-state index is -0.272. The lowest BCUT2D eigenvalue weighted by atomic mass is 10.1. The van der Waals surface area contributed by atoms with E-state index in [1.54, 1.807) is 16.2 Å². The number of para-hydroxylation sites is 1. The van der Waals surface area contributed by atoms with Crippen molar-refractivity contribution in [2.75, 3.05) is 18.4 Å². The van der Waals surface area contributed by atoms with Crippen LogP contribution in [0.5, 0.6) is 0 Å². The van der Waals surface area contributed by atoms with Crippen molar-refractivity contribution in [3.05, 3.63) is 87.0 Å². The molecule has 0 radical (unpaired) electrons. The Kier molecular flexibility index (Phi) is 9.51. The first kappa shape index (κ1) is 25.0. The number of nitrogens with one attached hydrogen (secondary N) is 1. The Balaban J connectivity index is 1.77. The molecule has 0 saturated carbocycles. The zero-order valence-corrected chi connectivity index (χ0v) is 21.4. The molecular weight excluding hydrogens is 498 g/mol. The molecule has 0 aliphatic heterocycles. The second-order valence-corrected chi connectivity index (χ2v) is 10.0. The molecule has 3 aromatic rings. The van der Waals surface area contributed by atoms with E-state index in [0.29, 0.717) is 25.3 Å². The van der Waals surface area contributed by atoms with Crippen molar-refractivity contribution in [3.8, 4) is 0 Å². The first-order valence-corrected chi connectivity index (χ1v) is 12.8. The van der Waals surface area contributed by atoms with Crippen molar-refractivity contribution in [3.63, 3.8) is 0 Å². The van der Waals surface area contributed by atoms with Crippen LogP contribution in [-0.4, -0.2) is 34.8 Å². The fourth-order valence-corrected chi connectivity index (χ4v) is 4.47. The van der Waals surface area contributed by atoms with Gasteiger partial charge in [-0.3, -0.25) is 4.79 Å². The standard InChI is InChI=1S/C26H30BrN3O2S/c1-3-20(2)16-30(26(32)28-24-14-8-7-13-23(24)27)19-25(31)29(18-22-12-9-15-33-22)17-21-10-5-4-6-11-21/h4-15,20H,3,16-19H2,1-2H3,(H,28,32). The summed E-state index contributed by atoms with van der Waals surface area (Å²) < 4.78 is 0.802. The van der Waals surface area contributed by atoms with E-state index in [9.17, 15) is 9.59 Å². The molecule has 7 heteroatoms. The first-order valence-electron chi connectivity index (χ1n) is 11.1. The Hall–Kier alpha value is -2.64. The average Bonchev–Trinajstić information content (AvgIpc) is 3.33. The topological polar surface area (TPSA) is 52.7 Å². The zero-order valence-electron chi connectivity index (χ0n) is 19.0. The molecule has 0 saturated heterocycles. The van der Waals surface area contributed by atoms with Crippen molar-refractivity contribution in [2.45, 2.75) is 33.4 Å². The molecule has 0 fully saturated rings. The van der Waals surface area contributed by atoms with Gasteiger partial charge in [-0.25, -0.2) is 4.79 Å². The van der Waals surface area contributed by atoms with Crippen LogP contribution in [0.1, 0.15) is 30.7 Å². The minimum Gasteiger partial charge on any atom is -0.332 e. The van der Waals surface area contributed by atoms with E-state index in [0.717, 1.165) is 21.3 Å². The Morgan fingerprint density at radius 3 is 2.36 bits per heavy atom. The van der Waals surface area contributed by atoms with Gasteiger partial charge in [0.2, 0.25) is 5.91 Å². The smallest absolute Gasteiger partial charge is 0.322 e. The van der Waals surface area contributed by atoms with Crippen LogP contribution in [0.4, 0.5) is 10.5 Å². The number of thiophene rings is 1. The summed E-state index contributed by atoms with van der Waals surface area (Å²) in [4.78, 5) is 31.2. The van der Waals surface area contributed by atoms with E-state index in [2.05, 4.69) is 35.1 Å². The highest BCUT2D eigenvalue weighted by molar-refractivity contribution is 9.10. The van der Waals surface area contributed by atoms with E-state index in [1.807, 2.05) is 77.0 Å². The molecule has 3 rings (SSSR count). The molecule has 33 heavy (non-hydrogen) atoms. The van der Waals surface area contributed by atoms with Gasteiger partial charge in [0.1, 0.15) is 6.54 Å². The summed E-state index contributed by atoms with van der Waals surface area (Å²) >= 11 is 5.11. The lowest BCUT2D eigenvalue weighted by Gasteiger charge is -2.29. The van der Waals surface area contributed by atoms with Gasteiger partial charge in [-0.2, -0.15) is 0 Å². The summed E-state index contributed by atoms with van der Waals surface area (Å²) in [6.07, 6.45) is 0.927. The summed E-state index contributed by atoms with van der Waals surface area (Å²) in [5.74, 6) is 0.209. The van der Waals surface area contributed by atoms with Crippen LogP contribution in [0.25, 0.3) is 0 Å². The van der Waals surface area contributed by atoms with Gasteiger partial charge in [-0.1, -0.05) is 68.8 Å². The predicted molar refractivity (Wildman–Crippen MR) is 139 cm³/mol. The van der Waals surface area contributed by atoms with Crippen molar-refractivity contribution in [2.24, 2.45) is 5.92 Å². The number of carbonyl (C=O) groups excluding carboxylic acids is 2. The van der Waals surface area contributed by atoms with E-state index in [-0.39, 0.29) is 24.4 Å². The molecule has 1 unspecified atom stereocenters. The number of hydrogen-bond donors (Lipinski definition) is 1. The number of urea groups is 1. The number of halogens is 1.